The third-order valence-corrected chi connectivity index (χ3v) is 4.79. The summed E-state index contributed by atoms with van der Waals surface area (Å²) in [5.74, 6) is 0.583. The number of halogens is 2. The van der Waals surface area contributed by atoms with Gasteiger partial charge in [-0.3, -0.25) is 4.79 Å². The van der Waals surface area contributed by atoms with Crippen LogP contribution in [-0.4, -0.2) is 20.9 Å². The number of carbonyl (C=O) groups is 1. The Morgan fingerprint density at radius 3 is 2.88 bits per heavy atom. The largest absolute Gasteiger partial charge is 0.320 e. The summed E-state index contributed by atoms with van der Waals surface area (Å²) in [6, 6.07) is 7.16. The summed E-state index contributed by atoms with van der Waals surface area (Å²) in [6.45, 7) is 1.88. The molecule has 0 aliphatic carbocycles. The summed E-state index contributed by atoms with van der Waals surface area (Å²) in [5.41, 5.74) is 2.18. The van der Waals surface area contributed by atoms with Gasteiger partial charge in [-0.25, -0.2) is 15.0 Å². The summed E-state index contributed by atoms with van der Waals surface area (Å²) in [5, 5.41) is 6.88. The fourth-order valence-electron chi connectivity index (χ4n) is 2.05. The molecule has 2 heterocycles. The first kappa shape index (κ1) is 17.6. The van der Waals surface area contributed by atoms with Crippen LogP contribution in [-0.2, 0) is 5.88 Å². The summed E-state index contributed by atoms with van der Waals surface area (Å²) in [4.78, 5) is 25.2. The predicted octanol–water partition coefficient (Wildman–Crippen LogP) is 4.63. The molecule has 0 atom stereocenters. The molecule has 128 valence electrons. The molecule has 0 radical (unpaired) electrons. The van der Waals surface area contributed by atoms with Crippen molar-refractivity contribution in [1.82, 2.24) is 15.0 Å². The van der Waals surface area contributed by atoms with Gasteiger partial charge in [0.2, 0.25) is 0 Å². The molecule has 3 rings (SSSR count). The first-order valence-electron chi connectivity index (χ1n) is 7.23. The summed E-state index contributed by atoms with van der Waals surface area (Å²) >= 11 is 13.1. The SMILES string of the molecule is Cc1cccc(Cl)c1NC(=O)c1cnc(Nc2cc(CCl)ncn2)s1. The average molecular weight is 394 g/mol. The highest BCUT2D eigenvalue weighted by Gasteiger charge is 2.14. The van der Waals surface area contributed by atoms with Crippen LogP contribution in [0.4, 0.5) is 16.6 Å². The third kappa shape index (κ3) is 4.25. The van der Waals surface area contributed by atoms with Crippen LogP contribution < -0.4 is 10.6 Å². The van der Waals surface area contributed by atoms with Crippen LogP contribution in [0.3, 0.4) is 0 Å². The minimum Gasteiger partial charge on any atom is -0.320 e. The Balaban J connectivity index is 1.73. The number of aryl methyl sites for hydroxylation is 1. The maximum atomic E-state index is 12.4. The number of rotatable bonds is 5. The van der Waals surface area contributed by atoms with Crippen molar-refractivity contribution in [2.75, 3.05) is 10.6 Å². The van der Waals surface area contributed by atoms with Gasteiger partial charge in [0.05, 0.1) is 28.5 Å². The third-order valence-electron chi connectivity index (χ3n) is 3.29. The van der Waals surface area contributed by atoms with E-state index >= 15 is 0 Å². The normalized spacial score (nSPS) is 10.5. The highest BCUT2D eigenvalue weighted by atomic mass is 35.5. The van der Waals surface area contributed by atoms with E-state index in [4.69, 9.17) is 23.2 Å². The van der Waals surface area contributed by atoms with Crippen molar-refractivity contribution in [1.29, 1.82) is 0 Å². The van der Waals surface area contributed by atoms with E-state index in [1.54, 1.807) is 12.1 Å². The Morgan fingerprint density at radius 1 is 1.28 bits per heavy atom. The van der Waals surface area contributed by atoms with Gasteiger partial charge in [-0.1, -0.05) is 35.1 Å². The van der Waals surface area contributed by atoms with Crippen molar-refractivity contribution in [2.45, 2.75) is 12.8 Å². The molecular formula is C16H13Cl2N5OS. The van der Waals surface area contributed by atoms with Gasteiger partial charge in [-0.05, 0) is 18.6 Å². The second-order valence-electron chi connectivity index (χ2n) is 5.07. The number of anilines is 3. The van der Waals surface area contributed by atoms with Crippen molar-refractivity contribution in [3.8, 4) is 0 Å². The second-order valence-corrected chi connectivity index (χ2v) is 6.77. The lowest BCUT2D eigenvalue weighted by molar-refractivity contribution is 0.103. The molecule has 2 aromatic heterocycles. The molecule has 2 N–H and O–H groups in total. The molecule has 1 amide bonds. The van der Waals surface area contributed by atoms with Gasteiger partial charge in [-0.15, -0.1) is 11.6 Å². The van der Waals surface area contributed by atoms with E-state index in [1.165, 1.54) is 23.9 Å². The van der Waals surface area contributed by atoms with Gasteiger partial charge in [0, 0.05) is 6.07 Å². The van der Waals surface area contributed by atoms with Gasteiger partial charge in [0.25, 0.3) is 5.91 Å². The number of hydrogen-bond acceptors (Lipinski definition) is 6. The van der Waals surface area contributed by atoms with Gasteiger partial charge in [0.15, 0.2) is 5.13 Å². The van der Waals surface area contributed by atoms with Gasteiger partial charge < -0.3 is 10.6 Å². The van der Waals surface area contributed by atoms with Crippen molar-refractivity contribution in [3.05, 3.63) is 57.9 Å². The first-order chi connectivity index (χ1) is 12.1. The number of amides is 1. The van der Waals surface area contributed by atoms with Crippen molar-refractivity contribution < 1.29 is 4.79 Å². The topological polar surface area (TPSA) is 79.8 Å². The zero-order valence-corrected chi connectivity index (χ0v) is 15.4. The molecule has 0 unspecified atom stereocenters. The number of nitrogens with one attached hydrogen (secondary N) is 2. The van der Waals surface area contributed by atoms with Crippen LogP contribution in [0.1, 0.15) is 20.9 Å². The molecule has 3 aromatic rings. The zero-order chi connectivity index (χ0) is 17.8. The number of nitrogens with zero attached hydrogens (tertiary/aromatic N) is 3. The lowest BCUT2D eigenvalue weighted by Crippen LogP contribution is -2.11. The Hall–Kier alpha value is -2.22. The predicted molar refractivity (Wildman–Crippen MR) is 101 cm³/mol. The molecule has 0 aliphatic rings. The number of para-hydroxylation sites is 1. The fourth-order valence-corrected chi connectivity index (χ4v) is 3.18. The number of benzene rings is 1. The number of hydrogen-bond donors (Lipinski definition) is 2. The summed E-state index contributed by atoms with van der Waals surface area (Å²) < 4.78 is 0. The monoisotopic (exact) mass is 393 g/mol. The molecule has 0 spiro atoms. The lowest BCUT2D eigenvalue weighted by Gasteiger charge is -2.08. The van der Waals surface area contributed by atoms with Crippen molar-refractivity contribution in [3.63, 3.8) is 0 Å². The quantitative estimate of drug-likeness (QED) is 0.617. The van der Waals surface area contributed by atoms with E-state index in [0.29, 0.717) is 38.1 Å². The highest BCUT2D eigenvalue weighted by Crippen LogP contribution is 2.27. The maximum Gasteiger partial charge on any atom is 0.267 e. The van der Waals surface area contributed by atoms with Gasteiger partial charge in [0.1, 0.15) is 17.0 Å². The molecule has 1 aromatic carbocycles. The van der Waals surface area contributed by atoms with E-state index in [1.807, 2.05) is 19.1 Å². The molecular weight excluding hydrogens is 381 g/mol. The number of aromatic nitrogens is 3. The molecule has 0 aliphatic heterocycles. The molecule has 0 saturated carbocycles. The Morgan fingerprint density at radius 2 is 2.12 bits per heavy atom. The standard InChI is InChI=1S/C16H13Cl2N5OS/c1-9-3-2-4-11(18)14(9)23-15(24)12-7-19-16(25-12)22-13-5-10(6-17)20-8-21-13/h2-5,7-8H,6H2,1H3,(H,23,24)(H,19,20,21,22). The molecule has 0 saturated heterocycles. The van der Waals surface area contributed by atoms with E-state index in [0.717, 1.165) is 5.56 Å². The molecule has 6 nitrogen and oxygen atoms in total. The molecule has 25 heavy (non-hydrogen) atoms. The molecule has 0 bridgehead atoms. The van der Waals surface area contributed by atoms with Crippen molar-refractivity contribution >= 4 is 57.1 Å². The Kier molecular flexibility index (Phi) is 5.47. The minimum atomic E-state index is -0.272. The van der Waals surface area contributed by atoms with Gasteiger partial charge >= 0.3 is 0 Å². The Labute approximate surface area is 158 Å². The number of carbonyl (C=O) groups excluding carboxylic acids is 1. The van der Waals surface area contributed by atoms with E-state index in [9.17, 15) is 4.79 Å². The van der Waals surface area contributed by atoms with Crippen LogP contribution in [0, 0.1) is 6.92 Å². The van der Waals surface area contributed by atoms with E-state index in [2.05, 4.69) is 25.6 Å². The highest BCUT2D eigenvalue weighted by molar-refractivity contribution is 7.17. The second kappa shape index (κ2) is 7.77. The number of thiazole rings is 1. The maximum absolute atomic E-state index is 12.4. The van der Waals surface area contributed by atoms with E-state index in [-0.39, 0.29) is 5.91 Å². The smallest absolute Gasteiger partial charge is 0.267 e. The van der Waals surface area contributed by atoms with Crippen LogP contribution in [0.25, 0.3) is 0 Å². The fraction of sp³-hybridized carbons (Fsp3) is 0.125. The molecule has 9 heteroatoms. The molecule has 0 fully saturated rings. The van der Waals surface area contributed by atoms with Gasteiger partial charge in [-0.2, -0.15) is 0 Å². The van der Waals surface area contributed by atoms with E-state index < -0.39 is 0 Å². The summed E-state index contributed by atoms with van der Waals surface area (Å²) in [6.07, 6.45) is 2.92. The minimum absolute atomic E-state index is 0.272. The van der Waals surface area contributed by atoms with Crippen LogP contribution in [0.2, 0.25) is 5.02 Å². The zero-order valence-electron chi connectivity index (χ0n) is 13.1. The van der Waals surface area contributed by atoms with Crippen LogP contribution >= 0.6 is 34.5 Å². The Bertz CT molecular complexity index is 895. The van der Waals surface area contributed by atoms with Crippen LogP contribution in [0.5, 0.6) is 0 Å². The average Bonchev–Trinajstić information content (AvgIpc) is 3.07. The van der Waals surface area contributed by atoms with Crippen molar-refractivity contribution in [2.24, 2.45) is 0 Å². The van der Waals surface area contributed by atoms with Crippen LogP contribution in [0.15, 0.2) is 36.8 Å². The summed E-state index contributed by atoms with van der Waals surface area (Å²) in [7, 11) is 0. The first-order valence-corrected chi connectivity index (χ1v) is 8.96. The lowest BCUT2D eigenvalue weighted by atomic mass is 10.2. The number of alkyl halides is 1.